The lowest BCUT2D eigenvalue weighted by Crippen LogP contribution is -2.41. The summed E-state index contributed by atoms with van der Waals surface area (Å²) in [6.45, 7) is 5.29. The summed E-state index contributed by atoms with van der Waals surface area (Å²) in [5.74, 6) is -0.182. The molecule has 0 bridgehead atoms. The molecule has 0 aliphatic rings. The number of carboxylic acid groups (broad SMARTS) is 1. The van der Waals surface area contributed by atoms with Crippen LogP contribution < -0.4 is 10.6 Å². The predicted molar refractivity (Wildman–Crippen MR) is 82.4 cm³/mol. The Kier molecular flexibility index (Phi) is 11.7. The minimum Gasteiger partial charge on any atom is -0.481 e. The number of urea groups is 1. The van der Waals surface area contributed by atoms with Gasteiger partial charge in [-0.2, -0.15) is 0 Å². The average Bonchev–Trinajstić information content (AvgIpc) is 2.41. The first-order chi connectivity index (χ1) is 9.95. The van der Waals surface area contributed by atoms with Crippen molar-refractivity contribution < 1.29 is 19.4 Å². The van der Waals surface area contributed by atoms with Crippen molar-refractivity contribution >= 4 is 12.0 Å². The Morgan fingerprint density at radius 2 is 1.76 bits per heavy atom. The van der Waals surface area contributed by atoms with Crippen LogP contribution in [0.5, 0.6) is 0 Å². The van der Waals surface area contributed by atoms with E-state index in [-0.39, 0.29) is 19.0 Å². The molecule has 0 aliphatic carbocycles. The number of carbonyl (C=O) groups excluding carboxylic acids is 1. The molecule has 3 N–H and O–H groups in total. The van der Waals surface area contributed by atoms with Crippen molar-refractivity contribution in [3.63, 3.8) is 0 Å². The highest BCUT2D eigenvalue weighted by atomic mass is 16.5. The van der Waals surface area contributed by atoms with E-state index in [4.69, 9.17) is 9.84 Å². The van der Waals surface area contributed by atoms with E-state index in [0.717, 1.165) is 18.8 Å². The number of carboxylic acids is 1. The van der Waals surface area contributed by atoms with Gasteiger partial charge in [-0.1, -0.05) is 39.5 Å². The van der Waals surface area contributed by atoms with Crippen LogP contribution in [-0.4, -0.2) is 43.4 Å². The third-order valence-electron chi connectivity index (χ3n) is 3.22. The summed E-state index contributed by atoms with van der Waals surface area (Å²) in [7, 11) is 1.43. The van der Waals surface area contributed by atoms with Crippen LogP contribution in [0.15, 0.2) is 0 Å². The Hall–Kier alpha value is -1.30. The maximum absolute atomic E-state index is 11.5. The Balaban J connectivity index is 3.51. The lowest BCUT2D eigenvalue weighted by Gasteiger charge is -2.14. The summed E-state index contributed by atoms with van der Waals surface area (Å²) >= 11 is 0. The third kappa shape index (κ3) is 13.4. The molecule has 1 atom stereocenters. The number of ether oxygens (including phenoxy) is 1. The molecular formula is C15H30N2O4. The van der Waals surface area contributed by atoms with Crippen molar-refractivity contribution in [1.82, 2.24) is 10.6 Å². The number of methoxy groups -OCH3 is 1. The van der Waals surface area contributed by atoms with Crippen LogP contribution in [0.1, 0.15) is 52.4 Å². The maximum atomic E-state index is 11.5. The van der Waals surface area contributed by atoms with E-state index in [1.54, 1.807) is 0 Å². The Labute approximate surface area is 127 Å². The number of hydrogen-bond donors (Lipinski definition) is 3. The fourth-order valence-corrected chi connectivity index (χ4v) is 1.94. The van der Waals surface area contributed by atoms with E-state index in [1.165, 1.54) is 26.4 Å². The van der Waals surface area contributed by atoms with Crippen LogP contribution in [-0.2, 0) is 9.53 Å². The van der Waals surface area contributed by atoms with Crippen LogP contribution in [0.2, 0.25) is 0 Å². The summed E-state index contributed by atoms with van der Waals surface area (Å²) in [6, 6.07) is -0.274. The van der Waals surface area contributed by atoms with Gasteiger partial charge in [0.05, 0.1) is 12.5 Å². The van der Waals surface area contributed by atoms with Crippen LogP contribution in [0.4, 0.5) is 4.79 Å². The molecule has 0 fully saturated rings. The van der Waals surface area contributed by atoms with Crippen molar-refractivity contribution in [2.45, 2.75) is 58.5 Å². The van der Waals surface area contributed by atoms with Gasteiger partial charge in [-0.3, -0.25) is 4.79 Å². The molecule has 0 aliphatic heterocycles. The molecule has 6 heteroatoms. The van der Waals surface area contributed by atoms with Crippen molar-refractivity contribution in [2.75, 3.05) is 20.2 Å². The Bertz CT molecular complexity index is 295. The summed E-state index contributed by atoms with van der Waals surface area (Å²) in [5.41, 5.74) is 0. The van der Waals surface area contributed by atoms with Gasteiger partial charge in [-0.05, 0) is 12.3 Å². The lowest BCUT2D eigenvalue weighted by molar-refractivity contribution is -0.139. The minimum absolute atomic E-state index is 0.118. The fourth-order valence-electron chi connectivity index (χ4n) is 1.94. The molecule has 0 aromatic heterocycles. The number of hydrogen-bond acceptors (Lipinski definition) is 3. The third-order valence-corrected chi connectivity index (χ3v) is 3.22. The summed E-state index contributed by atoms with van der Waals surface area (Å²) in [4.78, 5) is 22.0. The number of unbranched alkanes of at least 4 members (excludes halogenated alkanes) is 3. The lowest BCUT2D eigenvalue weighted by atomic mass is 10.0. The molecule has 0 saturated heterocycles. The zero-order chi connectivity index (χ0) is 16.1. The zero-order valence-corrected chi connectivity index (χ0v) is 13.5. The van der Waals surface area contributed by atoms with Crippen LogP contribution in [0.3, 0.4) is 0 Å². The smallest absolute Gasteiger partial charge is 0.314 e. The first kappa shape index (κ1) is 19.7. The fraction of sp³-hybridized carbons (Fsp3) is 0.867. The van der Waals surface area contributed by atoms with E-state index < -0.39 is 12.1 Å². The molecule has 0 rings (SSSR count). The molecule has 0 radical (unpaired) electrons. The average molecular weight is 302 g/mol. The van der Waals surface area contributed by atoms with Crippen molar-refractivity contribution in [3.8, 4) is 0 Å². The summed E-state index contributed by atoms with van der Waals surface area (Å²) in [5, 5.41) is 14.0. The Morgan fingerprint density at radius 1 is 1.10 bits per heavy atom. The second kappa shape index (κ2) is 12.4. The molecular weight excluding hydrogens is 272 g/mol. The van der Waals surface area contributed by atoms with E-state index in [0.29, 0.717) is 6.54 Å². The molecule has 0 aromatic rings. The summed E-state index contributed by atoms with van der Waals surface area (Å²) < 4.78 is 4.98. The molecule has 0 spiro atoms. The van der Waals surface area contributed by atoms with Crippen molar-refractivity contribution in [2.24, 2.45) is 5.92 Å². The quantitative estimate of drug-likeness (QED) is 0.483. The first-order valence-corrected chi connectivity index (χ1v) is 7.72. The molecule has 0 saturated carbocycles. The summed E-state index contributed by atoms with van der Waals surface area (Å²) in [6.07, 6.45) is 5.17. The highest BCUT2D eigenvalue weighted by molar-refractivity contribution is 5.74. The van der Waals surface area contributed by atoms with Gasteiger partial charge in [0.25, 0.3) is 0 Å². The largest absolute Gasteiger partial charge is 0.481 e. The van der Waals surface area contributed by atoms with E-state index in [2.05, 4.69) is 24.5 Å². The molecule has 124 valence electrons. The normalized spacial score (nSPS) is 12.2. The monoisotopic (exact) mass is 302 g/mol. The molecule has 2 amide bonds. The van der Waals surface area contributed by atoms with Gasteiger partial charge in [-0.15, -0.1) is 0 Å². The molecule has 1 unspecified atom stereocenters. The molecule has 21 heavy (non-hydrogen) atoms. The number of nitrogens with one attached hydrogen (secondary N) is 2. The molecule has 6 nitrogen and oxygen atoms in total. The van der Waals surface area contributed by atoms with Gasteiger partial charge in [0.2, 0.25) is 0 Å². The van der Waals surface area contributed by atoms with E-state index in [1.807, 2.05) is 0 Å². The van der Waals surface area contributed by atoms with E-state index in [9.17, 15) is 9.59 Å². The van der Waals surface area contributed by atoms with Gasteiger partial charge in [0.15, 0.2) is 0 Å². The number of amides is 2. The molecule has 0 aromatic carbocycles. The van der Waals surface area contributed by atoms with E-state index >= 15 is 0 Å². The van der Waals surface area contributed by atoms with Crippen molar-refractivity contribution in [3.05, 3.63) is 0 Å². The number of aliphatic carboxylic acids is 1. The van der Waals surface area contributed by atoms with Crippen LogP contribution >= 0.6 is 0 Å². The van der Waals surface area contributed by atoms with Gasteiger partial charge < -0.3 is 20.5 Å². The second-order valence-electron chi connectivity index (χ2n) is 5.69. The highest BCUT2D eigenvalue weighted by Crippen LogP contribution is 2.08. The van der Waals surface area contributed by atoms with Crippen molar-refractivity contribution in [1.29, 1.82) is 0 Å². The zero-order valence-electron chi connectivity index (χ0n) is 13.5. The maximum Gasteiger partial charge on any atom is 0.314 e. The minimum atomic E-state index is -0.939. The van der Waals surface area contributed by atoms with Crippen LogP contribution in [0, 0.1) is 5.92 Å². The Morgan fingerprint density at radius 3 is 2.33 bits per heavy atom. The first-order valence-electron chi connectivity index (χ1n) is 7.72. The number of carbonyl (C=O) groups is 2. The van der Waals surface area contributed by atoms with Crippen LogP contribution in [0.25, 0.3) is 0 Å². The topological polar surface area (TPSA) is 87.7 Å². The second-order valence-corrected chi connectivity index (χ2v) is 5.69. The predicted octanol–water partition coefficient (Wildman–Crippen LogP) is 2.38. The number of rotatable bonds is 12. The van der Waals surface area contributed by atoms with Gasteiger partial charge in [0.1, 0.15) is 0 Å². The van der Waals surface area contributed by atoms with Gasteiger partial charge in [0, 0.05) is 20.2 Å². The van der Waals surface area contributed by atoms with Gasteiger partial charge in [-0.25, -0.2) is 4.79 Å². The molecule has 0 heterocycles. The standard InChI is InChI=1S/C15H30N2O4/c1-12(2)8-6-4-5-7-9-16-15(20)17-11-13(21-3)10-14(18)19/h12-13H,4-11H2,1-3H3,(H,18,19)(H2,16,17,20). The highest BCUT2D eigenvalue weighted by Gasteiger charge is 2.13. The van der Waals surface area contributed by atoms with Gasteiger partial charge >= 0.3 is 12.0 Å². The SMILES string of the molecule is COC(CNC(=O)NCCCCCCC(C)C)CC(=O)O.